The molecule has 1 saturated carbocycles. The van der Waals surface area contributed by atoms with Gasteiger partial charge >= 0.3 is 5.97 Å². The lowest BCUT2D eigenvalue weighted by Gasteiger charge is -1.99. The zero-order valence-corrected chi connectivity index (χ0v) is 12.4. The van der Waals surface area contributed by atoms with Crippen LogP contribution in [0.4, 0.5) is 0 Å². The Morgan fingerprint density at radius 3 is 2.53 bits per heavy atom. The lowest BCUT2D eigenvalue weighted by molar-refractivity contribution is -0.137. The quantitative estimate of drug-likeness (QED) is 0.390. The van der Waals surface area contributed by atoms with E-state index in [2.05, 4.69) is 19.1 Å². The van der Waals surface area contributed by atoms with Crippen molar-refractivity contribution in [2.24, 2.45) is 11.8 Å². The number of hydrogen-bond acceptors (Lipinski definition) is 1. The molecule has 1 rings (SSSR count). The van der Waals surface area contributed by atoms with E-state index in [9.17, 15) is 4.79 Å². The third-order valence-corrected chi connectivity index (χ3v) is 4.13. The van der Waals surface area contributed by atoms with E-state index in [1.165, 1.54) is 51.4 Å². The maximum Gasteiger partial charge on any atom is 0.303 e. The molecule has 0 aromatic carbocycles. The monoisotopic (exact) mass is 266 g/mol. The van der Waals surface area contributed by atoms with Gasteiger partial charge in [-0.25, -0.2) is 0 Å². The number of rotatable bonds is 12. The fraction of sp³-hybridized carbons (Fsp3) is 0.824. The smallest absolute Gasteiger partial charge is 0.303 e. The molecule has 2 unspecified atom stereocenters. The van der Waals surface area contributed by atoms with E-state index in [1.807, 2.05) is 0 Å². The molecule has 1 N–H and O–H groups in total. The van der Waals surface area contributed by atoms with E-state index in [0.717, 1.165) is 24.7 Å². The summed E-state index contributed by atoms with van der Waals surface area (Å²) in [7, 11) is 0. The van der Waals surface area contributed by atoms with Crippen molar-refractivity contribution in [2.75, 3.05) is 0 Å². The predicted octanol–water partition coefficient (Wildman–Crippen LogP) is 5.18. The molecule has 0 bridgehead atoms. The highest BCUT2D eigenvalue weighted by molar-refractivity contribution is 5.66. The van der Waals surface area contributed by atoms with Crippen LogP contribution in [0.2, 0.25) is 0 Å². The summed E-state index contributed by atoms with van der Waals surface area (Å²) in [6.45, 7) is 2.27. The third kappa shape index (κ3) is 8.85. The highest BCUT2D eigenvalue weighted by Gasteiger charge is 2.34. The van der Waals surface area contributed by atoms with Crippen molar-refractivity contribution in [3.63, 3.8) is 0 Å². The zero-order valence-electron chi connectivity index (χ0n) is 12.4. The Hall–Kier alpha value is -0.790. The molecular formula is C17H30O2. The minimum absolute atomic E-state index is 0.298. The number of carboxylic acids is 1. The van der Waals surface area contributed by atoms with Gasteiger partial charge in [0.2, 0.25) is 0 Å². The molecule has 0 spiro atoms. The van der Waals surface area contributed by atoms with E-state index in [0.29, 0.717) is 6.42 Å². The number of hydrogen-bond donors (Lipinski definition) is 1. The van der Waals surface area contributed by atoms with Gasteiger partial charge in [0.15, 0.2) is 0 Å². The second kappa shape index (κ2) is 10.1. The van der Waals surface area contributed by atoms with Crippen molar-refractivity contribution in [1.29, 1.82) is 0 Å². The standard InChI is InChI=1S/C17H30O2/c1-2-3-4-8-11-15-14-16(15)12-9-6-5-7-10-13-17(18)19/h5-6,15-16H,2-4,7-14H2,1H3,(H,18,19)/b6-5-. The first kappa shape index (κ1) is 16.3. The van der Waals surface area contributed by atoms with E-state index in [1.54, 1.807) is 0 Å². The normalized spacial score (nSPS) is 21.9. The van der Waals surface area contributed by atoms with E-state index < -0.39 is 5.97 Å². The minimum Gasteiger partial charge on any atom is -0.481 e. The molecule has 2 heteroatoms. The second-order valence-electron chi connectivity index (χ2n) is 5.94. The van der Waals surface area contributed by atoms with Gasteiger partial charge in [0.25, 0.3) is 0 Å². The molecule has 0 heterocycles. The number of aliphatic carboxylic acids is 1. The SMILES string of the molecule is CCCCCCC1CC1CC/C=C\CCCC(=O)O. The topological polar surface area (TPSA) is 37.3 Å². The number of carbonyl (C=O) groups is 1. The molecule has 0 aromatic rings. The third-order valence-electron chi connectivity index (χ3n) is 4.13. The van der Waals surface area contributed by atoms with Gasteiger partial charge in [-0.3, -0.25) is 4.79 Å². The summed E-state index contributed by atoms with van der Waals surface area (Å²) in [5.74, 6) is 1.33. The van der Waals surface area contributed by atoms with E-state index >= 15 is 0 Å². The molecule has 0 amide bonds. The van der Waals surface area contributed by atoms with Crippen molar-refractivity contribution >= 4 is 5.97 Å². The highest BCUT2D eigenvalue weighted by Crippen LogP contribution is 2.45. The largest absolute Gasteiger partial charge is 0.481 e. The Morgan fingerprint density at radius 2 is 1.79 bits per heavy atom. The van der Waals surface area contributed by atoms with Gasteiger partial charge < -0.3 is 5.11 Å². The van der Waals surface area contributed by atoms with Crippen LogP contribution in [0, 0.1) is 11.8 Å². The lowest BCUT2D eigenvalue weighted by Crippen LogP contribution is -1.92. The van der Waals surface area contributed by atoms with Gasteiger partial charge in [0.1, 0.15) is 0 Å². The molecular weight excluding hydrogens is 236 g/mol. The second-order valence-corrected chi connectivity index (χ2v) is 5.94. The van der Waals surface area contributed by atoms with Crippen molar-refractivity contribution in [2.45, 2.75) is 77.6 Å². The lowest BCUT2D eigenvalue weighted by atomic mass is 10.1. The molecule has 0 aromatic heterocycles. The molecule has 1 aliphatic carbocycles. The molecule has 110 valence electrons. The number of unbranched alkanes of at least 4 members (excludes halogenated alkanes) is 4. The summed E-state index contributed by atoms with van der Waals surface area (Å²) >= 11 is 0. The first-order valence-corrected chi connectivity index (χ1v) is 8.10. The molecule has 2 nitrogen and oxygen atoms in total. The summed E-state index contributed by atoms with van der Waals surface area (Å²) in [6.07, 6.45) is 17.4. The molecule has 1 aliphatic rings. The molecule has 0 radical (unpaired) electrons. The van der Waals surface area contributed by atoms with Crippen LogP contribution in [0.1, 0.15) is 77.6 Å². The Kier molecular flexibility index (Phi) is 8.61. The fourth-order valence-electron chi connectivity index (χ4n) is 2.77. The van der Waals surface area contributed by atoms with Crippen LogP contribution in [0.5, 0.6) is 0 Å². The van der Waals surface area contributed by atoms with Gasteiger partial charge in [-0.15, -0.1) is 0 Å². The summed E-state index contributed by atoms with van der Waals surface area (Å²) in [5.41, 5.74) is 0. The molecule has 2 atom stereocenters. The number of carboxylic acid groups (broad SMARTS) is 1. The molecule has 1 fully saturated rings. The Balaban J connectivity index is 1.86. The minimum atomic E-state index is -0.683. The van der Waals surface area contributed by atoms with Crippen molar-refractivity contribution in [3.8, 4) is 0 Å². The average Bonchev–Trinajstić information content (AvgIpc) is 3.12. The first-order chi connectivity index (χ1) is 9.24. The van der Waals surface area contributed by atoms with Crippen LogP contribution in [-0.4, -0.2) is 11.1 Å². The van der Waals surface area contributed by atoms with Gasteiger partial charge in [-0.2, -0.15) is 0 Å². The van der Waals surface area contributed by atoms with Gasteiger partial charge in [0, 0.05) is 6.42 Å². The van der Waals surface area contributed by atoms with Gasteiger partial charge in [-0.05, 0) is 43.9 Å². The first-order valence-electron chi connectivity index (χ1n) is 8.10. The maximum atomic E-state index is 10.3. The van der Waals surface area contributed by atoms with Crippen molar-refractivity contribution in [3.05, 3.63) is 12.2 Å². The van der Waals surface area contributed by atoms with Crippen molar-refractivity contribution in [1.82, 2.24) is 0 Å². The van der Waals surface area contributed by atoms with Gasteiger partial charge in [-0.1, -0.05) is 51.2 Å². The van der Waals surface area contributed by atoms with Crippen LogP contribution >= 0.6 is 0 Å². The molecule has 0 saturated heterocycles. The van der Waals surface area contributed by atoms with Crippen LogP contribution in [-0.2, 0) is 4.79 Å². The summed E-state index contributed by atoms with van der Waals surface area (Å²) in [4.78, 5) is 10.3. The Morgan fingerprint density at radius 1 is 1.05 bits per heavy atom. The van der Waals surface area contributed by atoms with Crippen molar-refractivity contribution < 1.29 is 9.90 Å². The fourth-order valence-corrected chi connectivity index (χ4v) is 2.77. The summed E-state index contributed by atoms with van der Waals surface area (Å²) in [5, 5.41) is 8.51. The van der Waals surface area contributed by atoms with Crippen LogP contribution in [0.15, 0.2) is 12.2 Å². The van der Waals surface area contributed by atoms with Crippen LogP contribution in [0.3, 0.4) is 0 Å². The summed E-state index contributed by atoms with van der Waals surface area (Å²) < 4.78 is 0. The Labute approximate surface area is 118 Å². The zero-order chi connectivity index (χ0) is 13.9. The van der Waals surface area contributed by atoms with Crippen LogP contribution in [0.25, 0.3) is 0 Å². The van der Waals surface area contributed by atoms with E-state index in [4.69, 9.17) is 5.11 Å². The number of allylic oxidation sites excluding steroid dienone is 2. The van der Waals surface area contributed by atoms with Crippen LogP contribution < -0.4 is 0 Å². The molecule has 0 aliphatic heterocycles. The Bertz CT molecular complexity index is 270. The van der Waals surface area contributed by atoms with E-state index in [-0.39, 0.29) is 0 Å². The molecule has 19 heavy (non-hydrogen) atoms. The average molecular weight is 266 g/mol. The summed E-state index contributed by atoms with van der Waals surface area (Å²) in [6, 6.07) is 0. The maximum absolute atomic E-state index is 10.3. The highest BCUT2D eigenvalue weighted by atomic mass is 16.4. The van der Waals surface area contributed by atoms with Gasteiger partial charge in [0.05, 0.1) is 0 Å². The predicted molar refractivity (Wildman–Crippen MR) is 80.2 cm³/mol.